The lowest BCUT2D eigenvalue weighted by molar-refractivity contribution is 1.46. The van der Waals surface area contributed by atoms with Crippen molar-refractivity contribution < 1.29 is 0 Å². The maximum Gasteiger partial charge on any atom is 0.385 e. The molecule has 0 fully saturated rings. The van der Waals surface area contributed by atoms with Gasteiger partial charge in [0.15, 0.2) is 4.98 Å². The summed E-state index contributed by atoms with van der Waals surface area (Å²) in [6, 6.07) is 7.16. The summed E-state index contributed by atoms with van der Waals surface area (Å²) >= 11 is 0. The van der Waals surface area contributed by atoms with Crippen LogP contribution in [0.2, 0.25) is 0 Å². The Kier molecular flexibility index (Phi) is 1.81. The number of benzene rings is 1. The van der Waals surface area contributed by atoms with Crippen LogP contribution in [0.4, 0.5) is 5.69 Å². The fraction of sp³-hybridized carbons (Fsp3) is 0. The predicted molar refractivity (Wildman–Crippen MR) is 41.3 cm³/mol. The summed E-state index contributed by atoms with van der Waals surface area (Å²) in [7, 11) is 0. The summed E-state index contributed by atoms with van der Waals surface area (Å²) < 4.78 is 0. The van der Waals surface area contributed by atoms with Crippen LogP contribution in [-0.4, -0.2) is 0 Å². The van der Waals surface area contributed by atoms with E-state index >= 15 is 0 Å². The van der Waals surface area contributed by atoms with Crippen molar-refractivity contribution in [3.63, 3.8) is 0 Å². The summed E-state index contributed by atoms with van der Waals surface area (Å²) in [6.45, 7) is 3.58. The average Bonchev–Trinajstić information content (AvgIpc) is 2.05. The van der Waals surface area contributed by atoms with Crippen molar-refractivity contribution in [2.45, 2.75) is 0 Å². The third-order valence-corrected chi connectivity index (χ3v) is 1.22. The third kappa shape index (κ3) is 1.20. The highest BCUT2D eigenvalue weighted by Gasteiger charge is 2.00. The summed E-state index contributed by atoms with van der Waals surface area (Å²) in [6.07, 6.45) is 1.70. The van der Waals surface area contributed by atoms with E-state index in [9.17, 15) is 0 Å². The van der Waals surface area contributed by atoms with Gasteiger partial charge >= 0.3 is 5.69 Å². The second-order valence-corrected chi connectivity index (χ2v) is 1.90. The van der Waals surface area contributed by atoms with E-state index in [-0.39, 0.29) is 0 Å². The third-order valence-electron chi connectivity index (χ3n) is 1.22. The van der Waals surface area contributed by atoms with Crippen LogP contribution in [0, 0.1) is 5.39 Å². The van der Waals surface area contributed by atoms with Crippen LogP contribution in [0.25, 0.3) is 11.1 Å². The van der Waals surface area contributed by atoms with Gasteiger partial charge in [0.1, 0.15) is 0 Å². The Hall–Kier alpha value is -1.62. The molecule has 0 unspecified atom stereocenters. The molecule has 0 radical (unpaired) electrons. The Labute approximate surface area is 59.4 Å². The van der Waals surface area contributed by atoms with E-state index in [4.69, 9.17) is 5.39 Å². The van der Waals surface area contributed by atoms with Gasteiger partial charge in [0.05, 0.1) is 0 Å². The Morgan fingerprint density at radius 2 is 2.30 bits per heavy atom. The van der Waals surface area contributed by atoms with Crippen LogP contribution >= 0.6 is 0 Å². The van der Waals surface area contributed by atoms with E-state index in [1.165, 1.54) is 0 Å². The molecule has 0 bridgehead atoms. The first-order valence-electron chi connectivity index (χ1n) is 2.94. The minimum absolute atomic E-state index is 0.553. The quantitative estimate of drug-likeness (QED) is 0.538. The zero-order chi connectivity index (χ0) is 7.40. The van der Waals surface area contributed by atoms with Gasteiger partial charge in [0, 0.05) is 12.1 Å². The molecular weight excluding hydrogens is 124 g/mol. The molecule has 0 aliphatic carbocycles. The summed E-state index contributed by atoms with van der Waals surface area (Å²) in [5, 5.41) is 8.35. The lowest BCUT2D eigenvalue weighted by Gasteiger charge is -1.83. The van der Waals surface area contributed by atoms with Gasteiger partial charge < -0.3 is 0 Å². The molecule has 1 rings (SSSR count). The molecule has 0 aliphatic heterocycles. The maximum atomic E-state index is 8.35. The van der Waals surface area contributed by atoms with Crippen molar-refractivity contribution in [1.82, 2.24) is 0 Å². The van der Waals surface area contributed by atoms with Gasteiger partial charge in [-0.2, -0.15) is 0 Å². The van der Waals surface area contributed by atoms with E-state index in [1.807, 2.05) is 12.1 Å². The molecule has 0 saturated carbocycles. The molecule has 0 heterocycles. The van der Waals surface area contributed by atoms with Crippen molar-refractivity contribution in [3.05, 3.63) is 41.4 Å². The first kappa shape index (κ1) is 6.50. The minimum Gasteiger partial charge on any atom is -0.0985 e. The number of rotatable bonds is 1. The first-order valence-corrected chi connectivity index (χ1v) is 2.94. The second kappa shape index (κ2) is 2.79. The SMILES string of the molecule is C=Cc1cccc([N+]#N)c1. The van der Waals surface area contributed by atoms with Gasteiger partial charge in [-0.3, -0.25) is 0 Å². The van der Waals surface area contributed by atoms with E-state index in [0.717, 1.165) is 5.56 Å². The molecule has 1 aromatic rings. The smallest absolute Gasteiger partial charge is 0.0985 e. The number of hydrogen-bond donors (Lipinski definition) is 0. The Morgan fingerprint density at radius 3 is 2.90 bits per heavy atom. The summed E-state index contributed by atoms with van der Waals surface area (Å²) in [5.41, 5.74) is 1.51. The van der Waals surface area contributed by atoms with E-state index in [1.54, 1.807) is 18.2 Å². The van der Waals surface area contributed by atoms with Crippen LogP contribution in [0.15, 0.2) is 30.8 Å². The number of hydrogen-bond acceptors (Lipinski definition) is 1. The molecular formula is C8H7N2+. The van der Waals surface area contributed by atoms with Crippen LogP contribution in [0.5, 0.6) is 0 Å². The highest BCUT2D eigenvalue weighted by Crippen LogP contribution is 2.13. The fourth-order valence-electron chi connectivity index (χ4n) is 0.714. The van der Waals surface area contributed by atoms with E-state index in [0.29, 0.717) is 5.69 Å². The highest BCUT2D eigenvalue weighted by molar-refractivity contribution is 5.56. The largest absolute Gasteiger partial charge is 0.385 e. The van der Waals surface area contributed by atoms with Gasteiger partial charge in [0.25, 0.3) is 0 Å². The van der Waals surface area contributed by atoms with Crippen molar-refractivity contribution in [3.8, 4) is 0 Å². The van der Waals surface area contributed by atoms with Crippen molar-refractivity contribution >= 4 is 11.8 Å². The minimum atomic E-state index is 0.553. The van der Waals surface area contributed by atoms with Crippen LogP contribution < -0.4 is 0 Å². The Bertz CT molecular complexity index is 284. The molecule has 48 valence electrons. The standard InChI is InChI=1S/C8H7N2/c1-2-7-4-3-5-8(6-7)10-9/h2-6H,1H2/q+1. The van der Waals surface area contributed by atoms with Crippen LogP contribution in [-0.2, 0) is 0 Å². The fourth-order valence-corrected chi connectivity index (χ4v) is 0.714. The Morgan fingerprint density at radius 1 is 1.50 bits per heavy atom. The second-order valence-electron chi connectivity index (χ2n) is 1.90. The molecule has 0 N–H and O–H groups in total. The normalized spacial score (nSPS) is 8.30. The molecule has 0 aliphatic rings. The summed E-state index contributed by atoms with van der Waals surface area (Å²) in [5.74, 6) is 0. The van der Waals surface area contributed by atoms with Crippen molar-refractivity contribution in [2.75, 3.05) is 0 Å². The van der Waals surface area contributed by atoms with Crippen LogP contribution in [0.3, 0.4) is 0 Å². The number of diazo groups is 1. The molecule has 0 aromatic heterocycles. The van der Waals surface area contributed by atoms with Crippen LogP contribution in [0.1, 0.15) is 5.56 Å². The lowest BCUT2D eigenvalue weighted by Crippen LogP contribution is -1.66. The van der Waals surface area contributed by atoms with Gasteiger partial charge in [-0.1, -0.05) is 24.8 Å². The average molecular weight is 131 g/mol. The molecule has 2 heteroatoms. The van der Waals surface area contributed by atoms with Gasteiger partial charge in [0.2, 0.25) is 5.39 Å². The molecule has 0 atom stereocenters. The van der Waals surface area contributed by atoms with E-state index in [2.05, 4.69) is 11.6 Å². The van der Waals surface area contributed by atoms with Gasteiger partial charge in [-0.15, -0.1) is 0 Å². The zero-order valence-electron chi connectivity index (χ0n) is 5.49. The zero-order valence-corrected chi connectivity index (χ0v) is 5.49. The molecule has 2 nitrogen and oxygen atoms in total. The van der Waals surface area contributed by atoms with Gasteiger partial charge in [-0.05, 0) is 5.56 Å². The lowest BCUT2D eigenvalue weighted by atomic mass is 10.2. The maximum absolute atomic E-state index is 8.35. The highest BCUT2D eigenvalue weighted by atomic mass is 14.8. The van der Waals surface area contributed by atoms with Crippen molar-refractivity contribution in [2.24, 2.45) is 0 Å². The molecule has 10 heavy (non-hydrogen) atoms. The molecule has 1 aromatic carbocycles. The predicted octanol–water partition coefficient (Wildman–Crippen LogP) is 2.81. The topological polar surface area (TPSA) is 28.1 Å². The molecule has 0 spiro atoms. The van der Waals surface area contributed by atoms with Gasteiger partial charge in [-0.25, -0.2) is 0 Å². The van der Waals surface area contributed by atoms with E-state index < -0.39 is 0 Å². The summed E-state index contributed by atoms with van der Waals surface area (Å²) in [4.78, 5) is 3.03. The Balaban J connectivity index is 3.13. The molecule has 0 amide bonds. The first-order chi connectivity index (χ1) is 4.86. The van der Waals surface area contributed by atoms with Crippen molar-refractivity contribution in [1.29, 1.82) is 5.39 Å². The monoisotopic (exact) mass is 131 g/mol. The molecule has 0 saturated heterocycles. The number of nitrogens with zero attached hydrogens (tertiary/aromatic N) is 2.